The van der Waals surface area contributed by atoms with Crippen molar-refractivity contribution in [1.82, 2.24) is 15.3 Å². The molecule has 1 atom stereocenters. The molecular weight excluding hydrogens is 228 g/mol. The molecule has 0 bridgehead atoms. The Morgan fingerprint density at radius 1 is 1.38 bits per heavy atom. The van der Waals surface area contributed by atoms with Crippen LogP contribution in [0.15, 0.2) is 12.4 Å². The number of nitrogens with zero attached hydrogens (tertiary/aromatic N) is 2. The highest BCUT2D eigenvalue weighted by molar-refractivity contribution is 6.30. The second kappa shape index (κ2) is 5.12. The number of hydrogen-bond donors (Lipinski definition) is 2. The molecule has 2 rings (SSSR count). The van der Waals surface area contributed by atoms with Gasteiger partial charge in [0.05, 0.1) is 17.4 Å². The first-order valence-corrected chi connectivity index (χ1v) is 5.65. The lowest BCUT2D eigenvalue weighted by atomic mass is 10.1. The molecule has 0 aliphatic carbocycles. The van der Waals surface area contributed by atoms with E-state index in [0.29, 0.717) is 11.0 Å². The van der Waals surface area contributed by atoms with Crippen LogP contribution in [0.4, 0.5) is 5.95 Å². The Bertz CT molecular complexity index is 368. The second-order valence-electron chi connectivity index (χ2n) is 3.71. The fourth-order valence-electron chi connectivity index (χ4n) is 1.62. The first-order chi connectivity index (χ1) is 7.75. The van der Waals surface area contributed by atoms with Crippen molar-refractivity contribution in [3.8, 4) is 0 Å². The van der Waals surface area contributed by atoms with E-state index in [1.54, 1.807) is 0 Å². The van der Waals surface area contributed by atoms with Gasteiger partial charge in [-0.3, -0.25) is 4.79 Å². The predicted molar refractivity (Wildman–Crippen MR) is 61.3 cm³/mol. The Labute approximate surface area is 98.6 Å². The van der Waals surface area contributed by atoms with Crippen molar-refractivity contribution in [3.63, 3.8) is 0 Å². The first kappa shape index (κ1) is 11.1. The van der Waals surface area contributed by atoms with Gasteiger partial charge in [-0.15, -0.1) is 0 Å². The van der Waals surface area contributed by atoms with Crippen molar-refractivity contribution >= 4 is 23.5 Å². The minimum atomic E-state index is -0.247. The average Bonchev–Trinajstić information content (AvgIpc) is 2.48. The molecule has 1 fully saturated rings. The Hall–Kier alpha value is -1.36. The molecule has 16 heavy (non-hydrogen) atoms. The fraction of sp³-hybridized carbons (Fsp3) is 0.500. The lowest BCUT2D eigenvalue weighted by molar-refractivity contribution is -0.121. The lowest BCUT2D eigenvalue weighted by Crippen LogP contribution is -2.38. The molecule has 1 unspecified atom stereocenters. The zero-order valence-corrected chi connectivity index (χ0v) is 9.50. The van der Waals surface area contributed by atoms with Crippen LogP contribution in [-0.4, -0.2) is 28.5 Å². The SMILES string of the molecule is O=C1NCCCCC1Nc1ncc(Cl)cn1. The van der Waals surface area contributed by atoms with Crippen LogP contribution in [0.25, 0.3) is 0 Å². The van der Waals surface area contributed by atoms with Gasteiger partial charge in [0, 0.05) is 6.54 Å². The lowest BCUT2D eigenvalue weighted by Gasteiger charge is -2.14. The number of carbonyl (C=O) groups excluding carboxylic acids is 1. The monoisotopic (exact) mass is 240 g/mol. The molecule has 0 aromatic carbocycles. The number of nitrogens with one attached hydrogen (secondary N) is 2. The molecule has 86 valence electrons. The van der Waals surface area contributed by atoms with Crippen LogP contribution in [-0.2, 0) is 4.79 Å². The van der Waals surface area contributed by atoms with E-state index >= 15 is 0 Å². The quantitative estimate of drug-likeness (QED) is 0.816. The molecule has 1 aromatic rings. The summed E-state index contributed by atoms with van der Waals surface area (Å²) in [5.41, 5.74) is 0. The van der Waals surface area contributed by atoms with Crippen LogP contribution < -0.4 is 10.6 Å². The van der Waals surface area contributed by atoms with E-state index in [0.717, 1.165) is 25.8 Å². The zero-order chi connectivity index (χ0) is 11.4. The van der Waals surface area contributed by atoms with E-state index in [1.165, 1.54) is 12.4 Å². The van der Waals surface area contributed by atoms with Gasteiger partial charge in [0.15, 0.2) is 0 Å². The van der Waals surface area contributed by atoms with E-state index in [2.05, 4.69) is 20.6 Å². The summed E-state index contributed by atoms with van der Waals surface area (Å²) in [7, 11) is 0. The minimum Gasteiger partial charge on any atom is -0.354 e. The number of carbonyl (C=O) groups is 1. The summed E-state index contributed by atoms with van der Waals surface area (Å²) in [6, 6.07) is -0.247. The minimum absolute atomic E-state index is 0.0102. The molecule has 0 spiro atoms. The van der Waals surface area contributed by atoms with Crippen LogP contribution in [0, 0.1) is 0 Å². The maximum atomic E-state index is 11.6. The molecule has 5 nitrogen and oxygen atoms in total. The molecule has 0 radical (unpaired) electrons. The first-order valence-electron chi connectivity index (χ1n) is 5.27. The van der Waals surface area contributed by atoms with Crippen molar-refractivity contribution in [1.29, 1.82) is 0 Å². The van der Waals surface area contributed by atoms with Gasteiger partial charge in [0.1, 0.15) is 6.04 Å². The molecule has 1 amide bonds. The van der Waals surface area contributed by atoms with E-state index in [4.69, 9.17) is 11.6 Å². The number of amides is 1. The van der Waals surface area contributed by atoms with E-state index in [-0.39, 0.29) is 11.9 Å². The van der Waals surface area contributed by atoms with Crippen LogP contribution >= 0.6 is 11.6 Å². The normalized spacial score (nSPS) is 21.1. The predicted octanol–water partition coefficient (Wildman–Crippen LogP) is 1.21. The zero-order valence-electron chi connectivity index (χ0n) is 8.74. The highest BCUT2D eigenvalue weighted by Gasteiger charge is 2.20. The number of aromatic nitrogens is 2. The molecule has 1 aromatic heterocycles. The highest BCUT2D eigenvalue weighted by Crippen LogP contribution is 2.11. The van der Waals surface area contributed by atoms with Crippen molar-refractivity contribution < 1.29 is 4.79 Å². The summed E-state index contributed by atoms with van der Waals surface area (Å²) in [6.45, 7) is 0.749. The maximum Gasteiger partial charge on any atom is 0.242 e. The molecule has 0 saturated carbocycles. The van der Waals surface area contributed by atoms with Crippen molar-refractivity contribution in [2.75, 3.05) is 11.9 Å². The average molecular weight is 241 g/mol. The number of hydrogen-bond acceptors (Lipinski definition) is 4. The Morgan fingerprint density at radius 2 is 2.12 bits per heavy atom. The smallest absolute Gasteiger partial charge is 0.242 e. The van der Waals surface area contributed by atoms with E-state index in [1.807, 2.05) is 0 Å². The summed E-state index contributed by atoms with van der Waals surface area (Å²) in [4.78, 5) is 19.6. The van der Waals surface area contributed by atoms with Gasteiger partial charge in [0.2, 0.25) is 11.9 Å². The van der Waals surface area contributed by atoms with Gasteiger partial charge >= 0.3 is 0 Å². The second-order valence-corrected chi connectivity index (χ2v) is 4.15. The molecule has 2 heterocycles. The van der Waals surface area contributed by atoms with Crippen LogP contribution in [0.3, 0.4) is 0 Å². The van der Waals surface area contributed by atoms with Gasteiger partial charge in [-0.2, -0.15) is 0 Å². The molecule has 1 aliphatic heterocycles. The molecule has 2 N–H and O–H groups in total. The standard InChI is InChI=1S/C10H13ClN4O/c11-7-5-13-10(14-6-7)15-8-3-1-2-4-12-9(8)16/h5-6,8H,1-4H2,(H,12,16)(H,13,14,15). The summed E-state index contributed by atoms with van der Waals surface area (Å²) >= 11 is 5.68. The van der Waals surface area contributed by atoms with Crippen molar-refractivity contribution in [2.45, 2.75) is 25.3 Å². The summed E-state index contributed by atoms with van der Waals surface area (Å²) in [5.74, 6) is 0.447. The third-order valence-corrected chi connectivity index (χ3v) is 2.65. The van der Waals surface area contributed by atoms with Crippen LogP contribution in [0.1, 0.15) is 19.3 Å². The Kier molecular flexibility index (Phi) is 3.56. The van der Waals surface area contributed by atoms with Crippen LogP contribution in [0.5, 0.6) is 0 Å². The summed E-state index contributed by atoms with van der Waals surface area (Å²) in [5, 5.41) is 6.33. The van der Waals surface area contributed by atoms with Gasteiger partial charge in [-0.25, -0.2) is 9.97 Å². The van der Waals surface area contributed by atoms with Gasteiger partial charge < -0.3 is 10.6 Å². The van der Waals surface area contributed by atoms with Crippen molar-refractivity contribution in [3.05, 3.63) is 17.4 Å². The molecule has 1 aliphatic rings. The van der Waals surface area contributed by atoms with E-state index < -0.39 is 0 Å². The van der Waals surface area contributed by atoms with Crippen LogP contribution in [0.2, 0.25) is 5.02 Å². The number of halogens is 1. The molecular formula is C10H13ClN4O. The third-order valence-electron chi connectivity index (χ3n) is 2.46. The highest BCUT2D eigenvalue weighted by atomic mass is 35.5. The molecule has 6 heteroatoms. The number of anilines is 1. The largest absolute Gasteiger partial charge is 0.354 e. The summed E-state index contributed by atoms with van der Waals surface area (Å²) < 4.78 is 0. The summed E-state index contributed by atoms with van der Waals surface area (Å²) in [6.07, 6.45) is 5.85. The number of rotatable bonds is 2. The maximum absolute atomic E-state index is 11.6. The fourth-order valence-corrected chi connectivity index (χ4v) is 1.72. The Balaban J connectivity index is 2.02. The third kappa shape index (κ3) is 2.82. The van der Waals surface area contributed by atoms with Crippen molar-refractivity contribution in [2.24, 2.45) is 0 Å². The topological polar surface area (TPSA) is 66.9 Å². The van der Waals surface area contributed by atoms with Gasteiger partial charge in [-0.05, 0) is 19.3 Å². The van der Waals surface area contributed by atoms with Gasteiger partial charge in [0.25, 0.3) is 0 Å². The Morgan fingerprint density at radius 3 is 2.88 bits per heavy atom. The van der Waals surface area contributed by atoms with E-state index in [9.17, 15) is 4.79 Å². The molecule has 1 saturated heterocycles. The van der Waals surface area contributed by atoms with Gasteiger partial charge in [-0.1, -0.05) is 11.6 Å².